The maximum atomic E-state index is 12.8. The van der Waals surface area contributed by atoms with Crippen molar-refractivity contribution in [3.05, 3.63) is 22.6 Å². The largest absolute Gasteiger partial charge is 0.353 e. The molecule has 9 heteroatoms. The highest BCUT2D eigenvalue weighted by atomic mass is 32.1. The highest BCUT2D eigenvalue weighted by Crippen LogP contribution is 2.24. The average Bonchev–Trinajstić information content (AvgIpc) is 2.93. The standard InChI is InChI=1S/C13H16F2N6S/c1-8-16-10(12(14)15)7-11(17-8)20-3-5-21(6-4-20)13-19-18-9(2)22-13/h7,12H,3-6H2,1-2H3. The zero-order valence-electron chi connectivity index (χ0n) is 12.3. The molecule has 6 nitrogen and oxygen atoms in total. The molecule has 0 amide bonds. The summed E-state index contributed by atoms with van der Waals surface area (Å²) in [5.74, 6) is 0.936. The van der Waals surface area contributed by atoms with Crippen molar-refractivity contribution in [1.82, 2.24) is 20.2 Å². The van der Waals surface area contributed by atoms with Crippen LogP contribution in [0, 0.1) is 13.8 Å². The Bertz CT molecular complexity index is 654. The van der Waals surface area contributed by atoms with Crippen LogP contribution >= 0.6 is 11.3 Å². The van der Waals surface area contributed by atoms with Gasteiger partial charge in [0.15, 0.2) is 0 Å². The van der Waals surface area contributed by atoms with Gasteiger partial charge in [0.1, 0.15) is 22.3 Å². The second kappa shape index (κ2) is 6.07. The summed E-state index contributed by atoms with van der Waals surface area (Å²) in [6, 6.07) is 1.38. The summed E-state index contributed by atoms with van der Waals surface area (Å²) in [5.41, 5.74) is -0.218. The molecule has 0 radical (unpaired) electrons. The van der Waals surface area contributed by atoms with Gasteiger partial charge in [0, 0.05) is 32.2 Å². The van der Waals surface area contributed by atoms with Gasteiger partial charge >= 0.3 is 0 Å². The molecule has 0 aromatic carbocycles. The molecule has 1 aliphatic rings. The summed E-state index contributed by atoms with van der Waals surface area (Å²) in [6.45, 7) is 6.50. The van der Waals surface area contributed by atoms with Crippen molar-refractivity contribution in [1.29, 1.82) is 0 Å². The second-order valence-electron chi connectivity index (χ2n) is 5.08. The first-order chi connectivity index (χ1) is 10.5. The lowest BCUT2D eigenvalue weighted by Crippen LogP contribution is -2.47. The van der Waals surface area contributed by atoms with Gasteiger partial charge in [0.2, 0.25) is 5.13 Å². The van der Waals surface area contributed by atoms with Crippen LogP contribution < -0.4 is 9.80 Å². The Hall–Kier alpha value is -1.90. The molecule has 0 aliphatic carbocycles. The Balaban J connectivity index is 1.71. The van der Waals surface area contributed by atoms with Crippen LogP contribution in [0.5, 0.6) is 0 Å². The maximum Gasteiger partial charge on any atom is 0.280 e. The maximum absolute atomic E-state index is 12.8. The van der Waals surface area contributed by atoms with Gasteiger partial charge in [-0.25, -0.2) is 18.7 Å². The molecule has 1 fully saturated rings. The third-order valence-corrected chi connectivity index (χ3v) is 4.36. The predicted molar refractivity (Wildman–Crippen MR) is 80.8 cm³/mol. The molecule has 2 aromatic heterocycles. The fraction of sp³-hybridized carbons (Fsp3) is 0.538. The Kier molecular flexibility index (Phi) is 4.14. The lowest BCUT2D eigenvalue weighted by Gasteiger charge is -2.35. The summed E-state index contributed by atoms with van der Waals surface area (Å²) >= 11 is 1.56. The topological polar surface area (TPSA) is 58.0 Å². The number of piperazine rings is 1. The van der Waals surface area contributed by atoms with E-state index in [1.807, 2.05) is 11.8 Å². The minimum Gasteiger partial charge on any atom is -0.353 e. The molecule has 0 saturated carbocycles. The van der Waals surface area contributed by atoms with Gasteiger partial charge in [-0.3, -0.25) is 0 Å². The first kappa shape index (κ1) is 15.0. The van der Waals surface area contributed by atoms with E-state index in [0.29, 0.717) is 24.7 Å². The van der Waals surface area contributed by atoms with Crippen molar-refractivity contribution < 1.29 is 8.78 Å². The molecular weight excluding hydrogens is 310 g/mol. The Labute approximate surface area is 130 Å². The number of hydrogen-bond acceptors (Lipinski definition) is 7. The van der Waals surface area contributed by atoms with Crippen LogP contribution in [0.4, 0.5) is 19.7 Å². The van der Waals surface area contributed by atoms with Gasteiger partial charge in [0.25, 0.3) is 6.43 Å². The number of halogens is 2. The molecule has 1 aliphatic heterocycles. The van der Waals surface area contributed by atoms with Crippen LogP contribution in [-0.4, -0.2) is 46.3 Å². The van der Waals surface area contributed by atoms with Crippen molar-refractivity contribution in [2.75, 3.05) is 36.0 Å². The van der Waals surface area contributed by atoms with E-state index in [0.717, 1.165) is 23.2 Å². The third kappa shape index (κ3) is 3.13. The van der Waals surface area contributed by atoms with Crippen molar-refractivity contribution >= 4 is 22.3 Å². The number of hydrogen-bond donors (Lipinski definition) is 0. The SMILES string of the molecule is Cc1nc(C(F)F)cc(N2CCN(c3nnc(C)s3)CC2)n1. The minimum absolute atomic E-state index is 0.218. The van der Waals surface area contributed by atoms with E-state index in [1.54, 1.807) is 18.3 Å². The van der Waals surface area contributed by atoms with E-state index in [-0.39, 0.29) is 5.69 Å². The van der Waals surface area contributed by atoms with Crippen LogP contribution in [0.15, 0.2) is 6.07 Å². The van der Waals surface area contributed by atoms with Crippen LogP contribution in [0.2, 0.25) is 0 Å². The third-order valence-electron chi connectivity index (χ3n) is 3.46. The number of aromatic nitrogens is 4. The molecule has 2 aromatic rings. The van der Waals surface area contributed by atoms with Gasteiger partial charge in [-0.2, -0.15) is 0 Å². The summed E-state index contributed by atoms with van der Waals surface area (Å²) in [4.78, 5) is 12.2. The summed E-state index contributed by atoms with van der Waals surface area (Å²) in [5, 5.41) is 10.0. The zero-order chi connectivity index (χ0) is 15.7. The normalized spacial score (nSPS) is 15.7. The van der Waals surface area contributed by atoms with E-state index in [2.05, 4.69) is 25.1 Å². The van der Waals surface area contributed by atoms with Crippen molar-refractivity contribution in [2.24, 2.45) is 0 Å². The average molecular weight is 326 g/mol. The van der Waals surface area contributed by atoms with Gasteiger partial charge in [-0.05, 0) is 13.8 Å². The molecule has 0 unspecified atom stereocenters. The highest BCUT2D eigenvalue weighted by Gasteiger charge is 2.22. The van der Waals surface area contributed by atoms with E-state index < -0.39 is 6.43 Å². The number of anilines is 2. The first-order valence-corrected chi connectivity index (χ1v) is 7.78. The Morgan fingerprint density at radius 2 is 1.73 bits per heavy atom. The summed E-state index contributed by atoms with van der Waals surface area (Å²) in [7, 11) is 0. The van der Waals surface area contributed by atoms with Gasteiger partial charge in [-0.15, -0.1) is 10.2 Å². The van der Waals surface area contributed by atoms with E-state index in [4.69, 9.17) is 0 Å². The quantitative estimate of drug-likeness (QED) is 0.862. The fourth-order valence-electron chi connectivity index (χ4n) is 2.39. The monoisotopic (exact) mass is 326 g/mol. The predicted octanol–water partition coefficient (Wildman–Crippen LogP) is 2.21. The number of aryl methyl sites for hydroxylation is 2. The molecule has 22 heavy (non-hydrogen) atoms. The summed E-state index contributed by atoms with van der Waals surface area (Å²) in [6.07, 6.45) is -2.58. The number of alkyl halides is 2. The van der Waals surface area contributed by atoms with Gasteiger partial charge < -0.3 is 9.80 Å². The fourth-order valence-corrected chi connectivity index (χ4v) is 3.13. The lowest BCUT2D eigenvalue weighted by molar-refractivity contribution is 0.145. The first-order valence-electron chi connectivity index (χ1n) is 6.96. The molecule has 3 rings (SSSR count). The van der Waals surface area contributed by atoms with Crippen molar-refractivity contribution in [3.63, 3.8) is 0 Å². The molecule has 0 N–H and O–H groups in total. The lowest BCUT2D eigenvalue weighted by atomic mass is 10.3. The van der Waals surface area contributed by atoms with E-state index >= 15 is 0 Å². The van der Waals surface area contributed by atoms with Crippen molar-refractivity contribution in [2.45, 2.75) is 20.3 Å². The smallest absolute Gasteiger partial charge is 0.280 e. The van der Waals surface area contributed by atoms with Crippen LogP contribution in [0.1, 0.15) is 23.0 Å². The number of rotatable bonds is 3. The molecular formula is C13H16F2N6S. The zero-order valence-corrected chi connectivity index (χ0v) is 13.1. The van der Waals surface area contributed by atoms with Gasteiger partial charge in [0.05, 0.1) is 0 Å². The minimum atomic E-state index is -2.58. The Morgan fingerprint density at radius 1 is 1.05 bits per heavy atom. The van der Waals surface area contributed by atoms with Crippen molar-refractivity contribution in [3.8, 4) is 0 Å². The van der Waals surface area contributed by atoms with Crippen LogP contribution in [0.3, 0.4) is 0 Å². The molecule has 1 saturated heterocycles. The number of nitrogens with zero attached hydrogens (tertiary/aromatic N) is 6. The molecule has 0 bridgehead atoms. The van der Waals surface area contributed by atoms with Crippen LogP contribution in [-0.2, 0) is 0 Å². The van der Waals surface area contributed by atoms with Crippen LogP contribution in [0.25, 0.3) is 0 Å². The molecule has 0 spiro atoms. The van der Waals surface area contributed by atoms with E-state index in [1.165, 1.54) is 6.07 Å². The Morgan fingerprint density at radius 3 is 2.32 bits per heavy atom. The second-order valence-corrected chi connectivity index (χ2v) is 6.24. The molecule has 118 valence electrons. The molecule has 3 heterocycles. The van der Waals surface area contributed by atoms with E-state index in [9.17, 15) is 8.78 Å². The summed E-state index contributed by atoms with van der Waals surface area (Å²) < 4.78 is 25.7. The van der Waals surface area contributed by atoms with Gasteiger partial charge in [-0.1, -0.05) is 11.3 Å². The molecule has 0 atom stereocenters. The highest BCUT2D eigenvalue weighted by molar-refractivity contribution is 7.15.